The lowest BCUT2D eigenvalue weighted by Crippen LogP contribution is -2.03. The fourth-order valence-electron chi connectivity index (χ4n) is 3.90. The maximum Gasteiger partial charge on any atom is 0.170 e. The molecule has 0 saturated heterocycles. The number of fused-ring (bicyclic) bond motifs is 1. The van der Waals surface area contributed by atoms with Crippen molar-refractivity contribution in [1.82, 2.24) is 9.97 Å². The van der Waals surface area contributed by atoms with Gasteiger partial charge in [-0.2, -0.15) is 4.36 Å². The average molecular weight is 460 g/mol. The van der Waals surface area contributed by atoms with Crippen LogP contribution in [0, 0.1) is 12.3 Å². The summed E-state index contributed by atoms with van der Waals surface area (Å²) in [5.74, 6) is 0.472. The molecule has 0 saturated carbocycles. The highest BCUT2D eigenvalue weighted by Gasteiger charge is 2.20. The molecule has 6 nitrogen and oxygen atoms in total. The predicted molar refractivity (Wildman–Crippen MR) is 139 cm³/mol. The summed E-state index contributed by atoms with van der Waals surface area (Å²) in [6.45, 7) is 6.10. The predicted octanol–water partition coefficient (Wildman–Crippen LogP) is 6.34. The third-order valence-electron chi connectivity index (χ3n) is 5.54. The maximum absolute atomic E-state index is 13.6. The summed E-state index contributed by atoms with van der Waals surface area (Å²) < 4.78 is 18.3. The number of hydrogen-bond donors (Lipinski definition) is 2. The van der Waals surface area contributed by atoms with E-state index in [9.17, 15) is 4.21 Å². The second kappa shape index (κ2) is 8.75. The molecule has 33 heavy (non-hydrogen) atoms. The first-order chi connectivity index (χ1) is 15.7. The van der Waals surface area contributed by atoms with Gasteiger partial charge in [0, 0.05) is 52.9 Å². The molecule has 3 N–H and O–H groups in total. The molecule has 2 aromatic carbocycles. The molecule has 170 valence electrons. The van der Waals surface area contributed by atoms with Crippen molar-refractivity contribution in [3.05, 3.63) is 77.7 Å². The number of rotatable bonds is 5. The fourth-order valence-corrected chi connectivity index (χ4v) is 5.14. The summed E-state index contributed by atoms with van der Waals surface area (Å²) in [6, 6.07) is 16.9. The molecule has 0 radical (unpaired) electrons. The summed E-state index contributed by atoms with van der Waals surface area (Å²) >= 11 is 0. The van der Waals surface area contributed by atoms with Gasteiger partial charge in [0.2, 0.25) is 0 Å². The second-order valence-corrected chi connectivity index (χ2v) is 10.7. The molecule has 0 aliphatic carbocycles. The lowest BCUT2D eigenvalue weighted by molar-refractivity contribution is 0.680. The second-order valence-electron chi connectivity index (χ2n) is 8.41. The van der Waals surface area contributed by atoms with Crippen LogP contribution in [0.1, 0.15) is 38.1 Å². The van der Waals surface area contributed by atoms with Gasteiger partial charge in [0.25, 0.3) is 0 Å². The number of nitrogens with one attached hydrogen (secondary N) is 1. The molecular weight excluding hydrogens is 430 g/mol. The number of aryl methyl sites for hydroxylation is 1. The van der Waals surface area contributed by atoms with Crippen molar-refractivity contribution in [2.75, 3.05) is 12.0 Å². The highest BCUT2D eigenvalue weighted by molar-refractivity contribution is 7.93. The van der Waals surface area contributed by atoms with Crippen LogP contribution in [0.15, 0.2) is 70.1 Å². The van der Waals surface area contributed by atoms with Crippen molar-refractivity contribution in [3.8, 4) is 11.1 Å². The van der Waals surface area contributed by atoms with Crippen LogP contribution < -0.4 is 5.73 Å². The molecule has 2 heterocycles. The number of hydrogen-bond acceptors (Lipinski definition) is 6. The Morgan fingerprint density at radius 2 is 1.85 bits per heavy atom. The standard InChI is InChI=1S/C26H27N5OS.H2/c1-16(2)25-24(18-10-11-29-17(3)12-18)21-13-19(15-27)23(28)14-22(21)26(30-25)31-33(4,32)20-8-6-5-7-9-20;/h5-16,27H,28H2,1-4H3;1H. The average Bonchev–Trinajstić information content (AvgIpc) is 2.79. The molecule has 4 aromatic rings. The van der Waals surface area contributed by atoms with E-state index in [0.717, 1.165) is 27.9 Å². The smallest absolute Gasteiger partial charge is 0.170 e. The van der Waals surface area contributed by atoms with E-state index >= 15 is 0 Å². The van der Waals surface area contributed by atoms with E-state index in [1.165, 1.54) is 6.21 Å². The third-order valence-corrected chi connectivity index (χ3v) is 7.21. The summed E-state index contributed by atoms with van der Waals surface area (Å²) in [4.78, 5) is 9.91. The van der Waals surface area contributed by atoms with Gasteiger partial charge in [-0.15, -0.1) is 0 Å². The Bertz CT molecular complexity index is 1490. The summed E-state index contributed by atoms with van der Waals surface area (Å²) in [7, 11) is -2.74. The van der Waals surface area contributed by atoms with Gasteiger partial charge in [-0.3, -0.25) is 4.98 Å². The number of pyridine rings is 2. The van der Waals surface area contributed by atoms with Crippen molar-refractivity contribution >= 4 is 38.2 Å². The highest BCUT2D eigenvalue weighted by atomic mass is 32.2. The Kier molecular flexibility index (Phi) is 5.99. The zero-order valence-electron chi connectivity index (χ0n) is 19.2. The molecule has 0 aliphatic heterocycles. The molecule has 0 amide bonds. The third kappa shape index (κ3) is 4.36. The van der Waals surface area contributed by atoms with Gasteiger partial charge in [-0.25, -0.2) is 9.19 Å². The summed E-state index contributed by atoms with van der Waals surface area (Å²) in [6.07, 6.45) is 4.65. The minimum absolute atomic E-state index is 0. The van der Waals surface area contributed by atoms with Gasteiger partial charge in [0.05, 0.1) is 15.4 Å². The van der Waals surface area contributed by atoms with E-state index in [0.29, 0.717) is 27.4 Å². The zero-order chi connectivity index (χ0) is 23.8. The van der Waals surface area contributed by atoms with Crippen molar-refractivity contribution in [3.63, 3.8) is 0 Å². The van der Waals surface area contributed by atoms with Crippen molar-refractivity contribution in [2.24, 2.45) is 4.36 Å². The van der Waals surface area contributed by atoms with Gasteiger partial charge in [-0.05, 0) is 60.2 Å². The van der Waals surface area contributed by atoms with Crippen LogP contribution >= 0.6 is 0 Å². The molecule has 2 aromatic heterocycles. The number of anilines is 1. The lowest BCUT2D eigenvalue weighted by atomic mass is 9.91. The number of nitrogen functional groups attached to an aromatic ring is 1. The van der Waals surface area contributed by atoms with Gasteiger partial charge < -0.3 is 11.1 Å². The summed E-state index contributed by atoms with van der Waals surface area (Å²) in [5, 5.41) is 9.39. The molecule has 7 heteroatoms. The minimum Gasteiger partial charge on any atom is -0.398 e. The van der Waals surface area contributed by atoms with E-state index in [1.54, 1.807) is 18.5 Å². The number of aromatic nitrogens is 2. The molecule has 0 bridgehead atoms. The van der Waals surface area contributed by atoms with Crippen LogP contribution in [0.2, 0.25) is 0 Å². The van der Waals surface area contributed by atoms with E-state index in [4.69, 9.17) is 16.1 Å². The SMILES string of the molecule is Cc1cc(-c2c(C(C)C)nc(N=S(C)(=O)c3ccccc3)c3cc(N)c(C=N)cc23)ccn1.[HH]. The highest BCUT2D eigenvalue weighted by Crippen LogP contribution is 2.41. The quantitative estimate of drug-likeness (QED) is 0.268. The Morgan fingerprint density at radius 3 is 2.48 bits per heavy atom. The van der Waals surface area contributed by atoms with Gasteiger partial charge in [0.1, 0.15) is 0 Å². The Balaban J connectivity index is 0.00000324. The van der Waals surface area contributed by atoms with Crippen LogP contribution in [0.5, 0.6) is 0 Å². The zero-order valence-corrected chi connectivity index (χ0v) is 20.0. The van der Waals surface area contributed by atoms with Crippen molar-refractivity contribution in [1.29, 1.82) is 5.41 Å². The lowest BCUT2D eigenvalue weighted by Gasteiger charge is -2.18. The van der Waals surface area contributed by atoms with E-state index < -0.39 is 9.73 Å². The number of benzene rings is 2. The topological polar surface area (TPSA) is 105 Å². The molecule has 0 fully saturated rings. The fraction of sp³-hybridized carbons (Fsp3) is 0.192. The molecule has 0 aliphatic rings. The first kappa shape index (κ1) is 22.6. The maximum atomic E-state index is 13.6. The largest absolute Gasteiger partial charge is 0.398 e. The monoisotopic (exact) mass is 459 g/mol. The Hall–Kier alpha value is -3.58. The Morgan fingerprint density at radius 1 is 1.12 bits per heavy atom. The number of nitrogens with two attached hydrogens (primary N) is 1. The van der Waals surface area contributed by atoms with E-state index in [1.807, 2.05) is 55.5 Å². The van der Waals surface area contributed by atoms with Crippen LogP contribution in [0.3, 0.4) is 0 Å². The van der Waals surface area contributed by atoms with E-state index in [-0.39, 0.29) is 7.34 Å². The molecule has 4 rings (SSSR count). The molecule has 1 atom stereocenters. The van der Waals surface area contributed by atoms with Gasteiger partial charge >= 0.3 is 0 Å². The van der Waals surface area contributed by atoms with Crippen molar-refractivity contribution < 1.29 is 5.64 Å². The summed E-state index contributed by atoms with van der Waals surface area (Å²) in [5.41, 5.74) is 11.0. The van der Waals surface area contributed by atoms with Crippen LogP contribution in [0.25, 0.3) is 21.9 Å². The molecular formula is C26H29N5OS. The van der Waals surface area contributed by atoms with Crippen LogP contribution in [-0.2, 0) is 9.73 Å². The minimum atomic E-state index is -2.74. The first-order valence-corrected chi connectivity index (χ1v) is 12.6. The first-order valence-electron chi connectivity index (χ1n) is 10.7. The van der Waals surface area contributed by atoms with Crippen LogP contribution in [0.4, 0.5) is 11.5 Å². The van der Waals surface area contributed by atoms with Gasteiger partial charge in [-0.1, -0.05) is 32.0 Å². The molecule has 1 unspecified atom stereocenters. The van der Waals surface area contributed by atoms with E-state index in [2.05, 4.69) is 23.2 Å². The normalized spacial score (nSPS) is 13.1. The van der Waals surface area contributed by atoms with Crippen molar-refractivity contribution in [2.45, 2.75) is 31.6 Å². The number of nitrogens with zero attached hydrogens (tertiary/aromatic N) is 3. The molecule has 0 spiro atoms. The Labute approximate surface area is 196 Å². The van der Waals surface area contributed by atoms with Crippen LogP contribution in [-0.4, -0.2) is 26.6 Å². The van der Waals surface area contributed by atoms with Gasteiger partial charge in [0.15, 0.2) is 5.82 Å².